The van der Waals surface area contributed by atoms with Gasteiger partial charge in [-0.25, -0.2) is 9.78 Å². The predicted molar refractivity (Wildman–Crippen MR) is 69.9 cm³/mol. The van der Waals surface area contributed by atoms with Gasteiger partial charge in [-0.2, -0.15) is 0 Å². The van der Waals surface area contributed by atoms with Gasteiger partial charge in [0.2, 0.25) is 5.82 Å². The highest BCUT2D eigenvalue weighted by atomic mass is 16.6. The summed E-state index contributed by atoms with van der Waals surface area (Å²) >= 11 is 0. The van der Waals surface area contributed by atoms with Crippen molar-refractivity contribution in [1.82, 2.24) is 4.98 Å². The molecule has 1 aromatic heterocycles. The average Bonchev–Trinajstić information content (AvgIpc) is 2.41. The van der Waals surface area contributed by atoms with Crippen molar-refractivity contribution in [2.24, 2.45) is 5.92 Å². The molecule has 0 spiro atoms. The van der Waals surface area contributed by atoms with Gasteiger partial charge in [0, 0.05) is 25.4 Å². The molecule has 1 aliphatic heterocycles. The van der Waals surface area contributed by atoms with Crippen LogP contribution in [-0.4, -0.2) is 45.3 Å². The van der Waals surface area contributed by atoms with Crippen molar-refractivity contribution in [1.29, 1.82) is 0 Å². The van der Waals surface area contributed by atoms with Crippen molar-refractivity contribution in [3.05, 3.63) is 27.9 Å². The van der Waals surface area contributed by atoms with Gasteiger partial charge >= 0.3 is 11.7 Å². The molecule has 1 saturated heterocycles. The molecular weight excluding hydrogens is 266 g/mol. The molecule has 0 aromatic carbocycles. The zero-order valence-corrected chi connectivity index (χ0v) is 10.9. The van der Waals surface area contributed by atoms with Gasteiger partial charge < -0.3 is 15.1 Å². The molecule has 0 amide bonds. The van der Waals surface area contributed by atoms with E-state index in [0.29, 0.717) is 13.0 Å². The van der Waals surface area contributed by atoms with Crippen molar-refractivity contribution in [2.75, 3.05) is 18.0 Å². The lowest BCUT2D eigenvalue weighted by molar-refractivity contribution is -0.384. The van der Waals surface area contributed by atoms with Crippen LogP contribution in [0.5, 0.6) is 0 Å². The van der Waals surface area contributed by atoms with E-state index in [0.717, 1.165) is 12.3 Å². The lowest BCUT2D eigenvalue weighted by atomic mass is 9.96. The zero-order chi connectivity index (χ0) is 14.9. The lowest BCUT2D eigenvalue weighted by Crippen LogP contribution is -2.43. The maximum atomic E-state index is 11.1. The number of carboxylic acids is 1. The molecule has 0 saturated carbocycles. The largest absolute Gasteiger partial charge is 0.478 e. The summed E-state index contributed by atoms with van der Waals surface area (Å²) in [6, 6.07) is 0.995. The highest BCUT2D eigenvalue weighted by Gasteiger charge is 2.30. The molecule has 0 radical (unpaired) electrons. The van der Waals surface area contributed by atoms with Crippen LogP contribution in [0.3, 0.4) is 0 Å². The number of nitro groups is 1. The van der Waals surface area contributed by atoms with Gasteiger partial charge in [0.1, 0.15) is 0 Å². The molecule has 2 heterocycles. The summed E-state index contributed by atoms with van der Waals surface area (Å²) in [7, 11) is 0. The fourth-order valence-electron chi connectivity index (χ4n) is 2.18. The molecule has 8 nitrogen and oxygen atoms in total. The molecule has 0 aliphatic carbocycles. The van der Waals surface area contributed by atoms with Crippen LogP contribution >= 0.6 is 0 Å². The number of aliphatic hydroxyl groups is 1. The fourth-order valence-corrected chi connectivity index (χ4v) is 2.18. The van der Waals surface area contributed by atoms with Crippen molar-refractivity contribution in [3.8, 4) is 0 Å². The van der Waals surface area contributed by atoms with Crippen LogP contribution in [0, 0.1) is 16.0 Å². The Balaban J connectivity index is 2.36. The van der Waals surface area contributed by atoms with Gasteiger partial charge in [-0.05, 0) is 12.3 Å². The number of hydrogen-bond donors (Lipinski definition) is 2. The van der Waals surface area contributed by atoms with E-state index in [-0.39, 0.29) is 29.5 Å². The SMILES string of the molecule is CC1CCN(c2ncc(C(=O)O)cc2[N+](=O)[O-])CC1O. The molecule has 108 valence electrons. The minimum Gasteiger partial charge on any atom is -0.478 e. The fraction of sp³-hybridized carbons (Fsp3) is 0.500. The van der Waals surface area contributed by atoms with Crippen LogP contribution in [0.15, 0.2) is 12.3 Å². The van der Waals surface area contributed by atoms with E-state index in [4.69, 9.17) is 5.11 Å². The highest BCUT2D eigenvalue weighted by Crippen LogP contribution is 2.30. The van der Waals surface area contributed by atoms with Crippen LogP contribution in [-0.2, 0) is 0 Å². The first-order chi connectivity index (χ1) is 9.40. The number of anilines is 1. The smallest absolute Gasteiger partial charge is 0.337 e. The van der Waals surface area contributed by atoms with Gasteiger partial charge in [0.05, 0.1) is 16.6 Å². The van der Waals surface area contributed by atoms with Crippen LogP contribution in [0.2, 0.25) is 0 Å². The normalized spacial score (nSPS) is 22.6. The number of hydrogen-bond acceptors (Lipinski definition) is 6. The lowest BCUT2D eigenvalue weighted by Gasteiger charge is -2.34. The van der Waals surface area contributed by atoms with E-state index in [1.807, 2.05) is 6.92 Å². The van der Waals surface area contributed by atoms with Gasteiger partial charge in [-0.15, -0.1) is 0 Å². The number of piperidine rings is 1. The van der Waals surface area contributed by atoms with E-state index in [1.54, 1.807) is 4.90 Å². The number of β-amino-alcohol motifs (C(OH)–C–C–N with tert-alkyl or cyclic N) is 1. The molecule has 1 aromatic rings. The number of rotatable bonds is 3. The summed E-state index contributed by atoms with van der Waals surface area (Å²) in [6.07, 6.45) is 1.21. The maximum Gasteiger partial charge on any atom is 0.337 e. The first-order valence-corrected chi connectivity index (χ1v) is 6.21. The Morgan fingerprint density at radius 1 is 1.60 bits per heavy atom. The summed E-state index contributed by atoms with van der Waals surface area (Å²) < 4.78 is 0. The number of pyridine rings is 1. The van der Waals surface area contributed by atoms with Gasteiger partial charge in [0.25, 0.3) is 0 Å². The van der Waals surface area contributed by atoms with Crippen molar-refractivity contribution < 1.29 is 19.9 Å². The summed E-state index contributed by atoms with van der Waals surface area (Å²) in [5.41, 5.74) is -0.585. The number of carboxylic acid groups (broad SMARTS) is 1. The predicted octanol–water partition coefficient (Wildman–Crippen LogP) is 0.895. The average molecular weight is 281 g/mol. The first-order valence-electron chi connectivity index (χ1n) is 6.21. The molecule has 1 fully saturated rings. The third kappa shape index (κ3) is 2.69. The maximum absolute atomic E-state index is 11.1. The molecule has 8 heteroatoms. The first kappa shape index (κ1) is 14.2. The number of aliphatic hydroxyl groups excluding tert-OH is 1. The second kappa shape index (κ2) is 5.41. The second-order valence-electron chi connectivity index (χ2n) is 4.91. The van der Waals surface area contributed by atoms with Crippen LogP contribution in [0.25, 0.3) is 0 Å². The Hall–Kier alpha value is -2.22. The van der Waals surface area contributed by atoms with Gasteiger partial charge in [-0.3, -0.25) is 10.1 Å². The van der Waals surface area contributed by atoms with Gasteiger partial charge in [0.15, 0.2) is 0 Å². The van der Waals surface area contributed by atoms with Crippen LogP contribution < -0.4 is 4.90 Å². The van der Waals surface area contributed by atoms with Crippen molar-refractivity contribution >= 4 is 17.5 Å². The van der Waals surface area contributed by atoms with E-state index in [9.17, 15) is 20.0 Å². The number of carbonyl (C=O) groups is 1. The summed E-state index contributed by atoms with van der Waals surface area (Å²) in [4.78, 5) is 26.8. The Morgan fingerprint density at radius 3 is 2.85 bits per heavy atom. The number of aromatic nitrogens is 1. The molecule has 2 rings (SSSR count). The second-order valence-corrected chi connectivity index (χ2v) is 4.91. The standard InChI is InChI=1S/C12H15N3O5/c1-7-2-3-14(6-10(7)16)11-9(15(19)20)4-8(5-13-11)12(17)18/h4-5,7,10,16H,2-3,6H2,1H3,(H,17,18). The van der Waals surface area contributed by atoms with Crippen LogP contribution in [0.1, 0.15) is 23.7 Å². The Kier molecular flexibility index (Phi) is 3.84. The summed E-state index contributed by atoms with van der Waals surface area (Å²) in [5, 5.41) is 29.8. The van der Waals surface area contributed by atoms with E-state index in [1.165, 1.54) is 0 Å². The van der Waals surface area contributed by atoms with Crippen LogP contribution in [0.4, 0.5) is 11.5 Å². The Morgan fingerprint density at radius 2 is 2.30 bits per heavy atom. The number of nitrogens with zero attached hydrogens (tertiary/aromatic N) is 3. The minimum absolute atomic E-state index is 0.103. The minimum atomic E-state index is -1.26. The molecule has 20 heavy (non-hydrogen) atoms. The highest BCUT2D eigenvalue weighted by molar-refractivity contribution is 5.88. The summed E-state index contributed by atoms with van der Waals surface area (Å²) in [6.45, 7) is 2.71. The van der Waals surface area contributed by atoms with Crippen molar-refractivity contribution in [3.63, 3.8) is 0 Å². The van der Waals surface area contributed by atoms with E-state index >= 15 is 0 Å². The topological polar surface area (TPSA) is 117 Å². The quantitative estimate of drug-likeness (QED) is 0.624. The third-order valence-electron chi connectivity index (χ3n) is 3.51. The van der Waals surface area contributed by atoms with E-state index in [2.05, 4.69) is 4.98 Å². The summed E-state index contributed by atoms with van der Waals surface area (Å²) in [5.74, 6) is -1.03. The Bertz CT molecular complexity index is 548. The van der Waals surface area contributed by atoms with E-state index < -0.39 is 17.0 Å². The van der Waals surface area contributed by atoms with Crippen molar-refractivity contribution in [2.45, 2.75) is 19.4 Å². The zero-order valence-electron chi connectivity index (χ0n) is 10.9. The molecule has 2 atom stereocenters. The Labute approximate surface area is 114 Å². The van der Waals surface area contributed by atoms with Gasteiger partial charge in [-0.1, -0.05) is 6.92 Å². The molecule has 1 aliphatic rings. The molecule has 2 unspecified atom stereocenters. The number of aromatic carboxylic acids is 1. The molecule has 2 N–H and O–H groups in total. The monoisotopic (exact) mass is 281 g/mol. The molecule has 0 bridgehead atoms. The molecular formula is C12H15N3O5. The third-order valence-corrected chi connectivity index (χ3v) is 3.51.